The third-order valence-electron chi connectivity index (χ3n) is 3.56. The Morgan fingerprint density at radius 3 is 2.62 bits per heavy atom. The first-order valence-electron chi connectivity index (χ1n) is 7.23. The van der Waals surface area contributed by atoms with Crippen LogP contribution in [0.3, 0.4) is 0 Å². The Bertz CT molecular complexity index is 434. The molecule has 1 fully saturated rings. The fourth-order valence-electron chi connectivity index (χ4n) is 2.57. The molecule has 1 aromatic carbocycles. The minimum Gasteiger partial charge on any atom is -0.494 e. The molecule has 21 heavy (non-hydrogen) atoms. The first-order chi connectivity index (χ1) is 9.98. The van der Waals surface area contributed by atoms with E-state index >= 15 is 0 Å². The molecule has 1 unspecified atom stereocenters. The Morgan fingerprint density at radius 1 is 1.29 bits per heavy atom. The van der Waals surface area contributed by atoms with Gasteiger partial charge in [0.25, 0.3) is 0 Å². The second-order valence-electron chi connectivity index (χ2n) is 5.27. The van der Waals surface area contributed by atoms with Crippen LogP contribution in [0.5, 0.6) is 5.75 Å². The Labute approximate surface area is 123 Å². The number of rotatable bonds is 6. The molecule has 0 saturated carbocycles. The van der Waals surface area contributed by atoms with Gasteiger partial charge in [-0.1, -0.05) is 0 Å². The smallest absolute Gasteiger partial charge is 0.401 e. The molecule has 1 heterocycles. The molecule has 1 atom stereocenters. The molecule has 6 heteroatoms. The van der Waals surface area contributed by atoms with Gasteiger partial charge in [-0.15, -0.1) is 0 Å². The standard InChI is InChI=1S/C15H21F3N2O/c1-2-21-14-5-3-13(4-6-14)20-8-7-12(10-20)9-19-11-15(16,17)18/h3-6,12,19H,2,7-11H2,1H3. The van der Waals surface area contributed by atoms with Gasteiger partial charge in [-0.2, -0.15) is 13.2 Å². The first-order valence-corrected chi connectivity index (χ1v) is 7.23. The molecule has 0 aromatic heterocycles. The van der Waals surface area contributed by atoms with Crippen LogP contribution < -0.4 is 15.0 Å². The fourth-order valence-corrected chi connectivity index (χ4v) is 2.57. The summed E-state index contributed by atoms with van der Waals surface area (Å²) in [7, 11) is 0. The Balaban J connectivity index is 1.79. The summed E-state index contributed by atoms with van der Waals surface area (Å²) in [6.07, 6.45) is -3.22. The Morgan fingerprint density at radius 2 is 2.00 bits per heavy atom. The van der Waals surface area contributed by atoms with Crippen LogP contribution in [0.25, 0.3) is 0 Å². The highest BCUT2D eigenvalue weighted by molar-refractivity contribution is 5.49. The summed E-state index contributed by atoms with van der Waals surface area (Å²) in [5, 5.41) is 2.49. The largest absolute Gasteiger partial charge is 0.494 e. The van der Waals surface area contributed by atoms with Crippen molar-refractivity contribution in [1.82, 2.24) is 5.32 Å². The molecule has 0 amide bonds. The lowest BCUT2D eigenvalue weighted by Gasteiger charge is -2.19. The van der Waals surface area contributed by atoms with E-state index < -0.39 is 12.7 Å². The first kappa shape index (κ1) is 15.9. The molecule has 118 valence electrons. The van der Waals surface area contributed by atoms with Gasteiger partial charge in [0.15, 0.2) is 0 Å². The van der Waals surface area contributed by atoms with Crippen molar-refractivity contribution < 1.29 is 17.9 Å². The van der Waals surface area contributed by atoms with Crippen molar-refractivity contribution >= 4 is 5.69 Å². The normalized spacial score (nSPS) is 19.0. The van der Waals surface area contributed by atoms with Gasteiger partial charge < -0.3 is 15.0 Å². The van der Waals surface area contributed by atoms with Crippen molar-refractivity contribution in [1.29, 1.82) is 0 Å². The predicted molar refractivity (Wildman–Crippen MR) is 76.9 cm³/mol. The van der Waals surface area contributed by atoms with Crippen LogP contribution in [0.1, 0.15) is 13.3 Å². The quantitative estimate of drug-likeness (QED) is 0.874. The van der Waals surface area contributed by atoms with E-state index in [0.29, 0.717) is 13.2 Å². The Hall–Kier alpha value is -1.43. The van der Waals surface area contributed by atoms with Crippen LogP contribution in [0.2, 0.25) is 0 Å². The van der Waals surface area contributed by atoms with Crippen molar-refractivity contribution in [2.45, 2.75) is 19.5 Å². The van der Waals surface area contributed by atoms with Gasteiger partial charge in [-0.3, -0.25) is 0 Å². The van der Waals surface area contributed by atoms with E-state index in [0.717, 1.165) is 30.9 Å². The highest BCUT2D eigenvalue weighted by Crippen LogP contribution is 2.25. The molecular formula is C15H21F3N2O. The van der Waals surface area contributed by atoms with Gasteiger partial charge in [0.2, 0.25) is 0 Å². The van der Waals surface area contributed by atoms with Gasteiger partial charge in [0, 0.05) is 25.3 Å². The number of benzene rings is 1. The summed E-state index contributed by atoms with van der Waals surface area (Å²) in [6.45, 7) is 3.74. The fraction of sp³-hybridized carbons (Fsp3) is 0.600. The molecule has 1 N–H and O–H groups in total. The summed E-state index contributed by atoms with van der Waals surface area (Å²) < 4.78 is 41.7. The summed E-state index contributed by atoms with van der Waals surface area (Å²) in [5.74, 6) is 1.10. The minimum absolute atomic E-state index is 0.263. The van der Waals surface area contributed by atoms with E-state index in [4.69, 9.17) is 4.74 Å². The number of hydrogen-bond acceptors (Lipinski definition) is 3. The minimum atomic E-state index is -4.13. The van der Waals surface area contributed by atoms with Crippen LogP contribution in [-0.4, -0.2) is 39.0 Å². The molecule has 0 radical (unpaired) electrons. The average molecular weight is 302 g/mol. The monoisotopic (exact) mass is 302 g/mol. The zero-order chi connectivity index (χ0) is 15.3. The van der Waals surface area contributed by atoms with Crippen LogP contribution >= 0.6 is 0 Å². The average Bonchev–Trinajstić information content (AvgIpc) is 2.87. The van der Waals surface area contributed by atoms with Crippen LogP contribution in [0.4, 0.5) is 18.9 Å². The SMILES string of the molecule is CCOc1ccc(N2CCC(CNCC(F)(F)F)C2)cc1. The number of alkyl halides is 3. The van der Waals surface area contributed by atoms with E-state index in [2.05, 4.69) is 10.2 Å². The summed E-state index contributed by atoms with van der Waals surface area (Å²) in [5.41, 5.74) is 1.09. The molecule has 1 aliphatic rings. The maximum absolute atomic E-state index is 12.1. The number of nitrogens with zero attached hydrogens (tertiary/aromatic N) is 1. The van der Waals surface area contributed by atoms with Gasteiger partial charge in [-0.05, 0) is 43.5 Å². The third-order valence-corrected chi connectivity index (χ3v) is 3.56. The third kappa shape index (κ3) is 5.12. The molecule has 1 aromatic rings. The molecule has 0 aliphatic carbocycles. The highest BCUT2D eigenvalue weighted by atomic mass is 19.4. The Kier molecular flexibility index (Phi) is 5.33. The summed E-state index contributed by atoms with van der Waals surface area (Å²) in [6, 6.07) is 7.84. The van der Waals surface area contributed by atoms with Gasteiger partial charge in [-0.25, -0.2) is 0 Å². The van der Waals surface area contributed by atoms with E-state index in [9.17, 15) is 13.2 Å². The van der Waals surface area contributed by atoms with Crippen molar-refractivity contribution in [3.63, 3.8) is 0 Å². The van der Waals surface area contributed by atoms with E-state index in [1.807, 2.05) is 31.2 Å². The van der Waals surface area contributed by atoms with Gasteiger partial charge in [0.1, 0.15) is 5.75 Å². The molecular weight excluding hydrogens is 281 g/mol. The van der Waals surface area contributed by atoms with Crippen LogP contribution in [0.15, 0.2) is 24.3 Å². The van der Waals surface area contributed by atoms with Crippen LogP contribution in [-0.2, 0) is 0 Å². The van der Waals surface area contributed by atoms with Crippen molar-refractivity contribution in [2.24, 2.45) is 5.92 Å². The topological polar surface area (TPSA) is 24.5 Å². The second-order valence-corrected chi connectivity index (χ2v) is 5.27. The van der Waals surface area contributed by atoms with E-state index in [-0.39, 0.29) is 5.92 Å². The molecule has 1 aliphatic heterocycles. The molecule has 0 spiro atoms. The maximum Gasteiger partial charge on any atom is 0.401 e. The van der Waals surface area contributed by atoms with Crippen LogP contribution in [0, 0.1) is 5.92 Å². The zero-order valence-corrected chi connectivity index (χ0v) is 12.1. The van der Waals surface area contributed by atoms with Crippen molar-refractivity contribution in [2.75, 3.05) is 37.7 Å². The van der Waals surface area contributed by atoms with Crippen molar-refractivity contribution in [3.8, 4) is 5.75 Å². The van der Waals surface area contributed by atoms with Crippen molar-refractivity contribution in [3.05, 3.63) is 24.3 Å². The lowest BCUT2D eigenvalue weighted by molar-refractivity contribution is -0.125. The van der Waals surface area contributed by atoms with Gasteiger partial charge >= 0.3 is 6.18 Å². The number of ether oxygens (including phenoxy) is 1. The molecule has 1 saturated heterocycles. The highest BCUT2D eigenvalue weighted by Gasteiger charge is 2.28. The second kappa shape index (κ2) is 7.02. The molecule has 3 nitrogen and oxygen atoms in total. The van der Waals surface area contributed by atoms with E-state index in [1.54, 1.807) is 0 Å². The molecule has 0 bridgehead atoms. The lowest BCUT2D eigenvalue weighted by Crippen LogP contribution is -2.33. The number of halogens is 3. The van der Waals surface area contributed by atoms with E-state index in [1.165, 1.54) is 0 Å². The molecule has 2 rings (SSSR count). The predicted octanol–water partition coefficient (Wildman–Crippen LogP) is 3.06. The zero-order valence-electron chi connectivity index (χ0n) is 12.1. The maximum atomic E-state index is 12.1. The summed E-state index contributed by atoms with van der Waals surface area (Å²) >= 11 is 0. The number of nitrogens with one attached hydrogen (secondary N) is 1. The number of hydrogen-bond donors (Lipinski definition) is 1. The lowest BCUT2D eigenvalue weighted by atomic mass is 10.1. The number of anilines is 1. The summed E-state index contributed by atoms with van der Waals surface area (Å²) in [4.78, 5) is 2.20. The van der Waals surface area contributed by atoms with Gasteiger partial charge in [0.05, 0.1) is 13.2 Å².